The Kier molecular flexibility index (Phi) is 8.79. The van der Waals surface area contributed by atoms with E-state index in [9.17, 15) is 9.59 Å². The third kappa shape index (κ3) is 6.75. The van der Waals surface area contributed by atoms with Gasteiger partial charge in [0, 0.05) is 26.1 Å². The highest BCUT2D eigenvalue weighted by atomic mass is 16.2. The Labute approximate surface area is 216 Å². The molecule has 1 heterocycles. The molecule has 4 rings (SSSR count). The molecule has 2 aromatic carbocycles. The molecule has 0 radical (unpaired) electrons. The molecule has 0 spiro atoms. The number of nitrogens with one attached hydrogen (secondary N) is 1. The van der Waals surface area contributed by atoms with E-state index >= 15 is 0 Å². The van der Waals surface area contributed by atoms with Gasteiger partial charge in [0.25, 0.3) is 0 Å². The van der Waals surface area contributed by atoms with Crippen molar-refractivity contribution in [2.24, 2.45) is 5.41 Å². The minimum absolute atomic E-state index is 0.141. The maximum atomic E-state index is 13.6. The molecule has 0 aromatic heterocycles. The summed E-state index contributed by atoms with van der Waals surface area (Å²) in [5, 5.41) is 3.28. The lowest BCUT2D eigenvalue weighted by molar-refractivity contribution is -0.140. The van der Waals surface area contributed by atoms with E-state index in [0.29, 0.717) is 38.9 Å². The number of carbonyl (C=O) groups is 2. The summed E-state index contributed by atoms with van der Waals surface area (Å²) in [4.78, 5) is 28.5. The number of amides is 2. The molecule has 1 saturated heterocycles. The molecule has 2 aliphatic rings. The molecule has 0 bridgehead atoms. The van der Waals surface area contributed by atoms with Gasteiger partial charge >= 0.3 is 0 Å². The highest BCUT2D eigenvalue weighted by Crippen LogP contribution is 2.36. The van der Waals surface area contributed by atoms with Crippen molar-refractivity contribution in [3.05, 3.63) is 94.6 Å². The molecule has 1 N–H and O–H groups in total. The van der Waals surface area contributed by atoms with Crippen LogP contribution in [0.4, 0.5) is 0 Å². The van der Waals surface area contributed by atoms with Gasteiger partial charge in [0.05, 0.1) is 5.41 Å². The molecular weight excluding hydrogens is 444 g/mol. The van der Waals surface area contributed by atoms with Gasteiger partial charge in [-0.15, -0.1) is 0 Å². The summed E-state index contributed by atoms with van der Waals surface area (Å²) in [6.45, 7) is 6.34. The van der Waals surface area contributed by atoms with Crippen molar-refractivity contribution in [1.82, 2.24) is 10.2 Å². The molecule has 1 fully saturated rings. The highest BCUT2D eigenvalue weighted by molar-refractivity contribution is 5.84. The lowest BCUT2D eigenvalue weighted by Gasteiger charge is -2.41. The SMILES string of the molecule is CC1=C(C)CCC(CCNC(=O)C2(Cc3ccccc3)CCN(C(=O)CCc3ccccc3)CC2)=C1. The zero-order chi connectivity index (χ0) is 25.4. The van der Waals surface area contributed by atoms with Gasteiger partial charge in [-0.1, -0.05) is 83.5 Å². The van der Waals surface area contributed by atoms with Crippen LogP contribution in [0, 0.1) is 5.41 Å². The molecule has 2 amide bonds. The van der Waals surface area contributed by atoms with Crippen molar-refractivity contribution in [1.29, 1.82) is 0 Å². The van der Waals surface area contributed by atoms with Crippen molar-refractivity contribution in [3.8, 4) is 0 Å². The Bertz CT molecular complexity index is 1090. The van der Waals surface area contributed by atoms with Crippen LogP contribution >= 0.6 is 0 Å². The van der Waals surface area contributed by atoms with E-state index in [-0.39, 0.29) is 11.8 Å². The number of rotatable bonds is 9. The van der Waals surface area contributed by atoms with E-state index in [2.05, 4.69) is 49.5 Å². The summed E-state index contributed by atoms with van der Waals surface area (Å²) >= 11 is 0. The summed E-state index contributed by atoms with van der Waals surface area (Å²) in [6, 6.07) is 20.5. The van der Waals surface area contributed by atoms with Crippen LogP contribution in [0.3, 0.4) is 0 Å². The Morgan fingerprint density at radius 3 is 2.14 bits per heavy atom. The van der Waals surface area contributed by atoms with Crippen LogP contribution in [0.2, 0.25) is 0 Å². The van der Waals surface area contributed by atoms with Crippen LogP contribution in [0.15, 0.2) is 83.5 Å². The van der Waals surface area contributed by atoms with Gasteiger partial charge < -0.3 is 10.2 Å². The van der Waals surface area contributed by atoms with Gasteiger partial charge in [-0.25, -0.2) is 0 Å². The molecule has 0 unspecified atom stereocenters. The number of allylic oxidation sites excluding steroid dienone is 3. The Hall–Kier alpha value is -3.14. The predicted molar refractivity (Wildman–Crippen MR) is 146 cm³/mol. The smallest absolute Gasteiger partial charge is 0.226 e. The number of aryl methyl sites for hydroxylation is 1. The van der Waals surface area contributed by atoms with Crippen LogP contribution in [0.25, 0.3) is 0 Å². The van der Waals surface area contributed by atoms with E-state index in [1.54, 1.807) is 0 Å². The number of piperidine rings is 1. The van der Waals surface area contributed by atoms with E-state index in [4.69, 9.17) is 0 Å². The van der Waals surface area contributed by atoms with Crippen molar-refractivity contribution < 1.29 is 9.59 Å². The maximum absolute atomic E-state index is 13.6. The van der Waals surface area contributed by atoms with Crippen molar-refractivity contribution in [2.75, 3.05) is 19.6 Å². The summed E-state index contributed by atoms with van der Waals surface area (Å²) in [5.41, 5.74) is 6.17. The van der Waals surface area contributed by atoms with Gasteiger partial charge in [-0.2, -0.15) is 0 Å². The van der Waals surface area contributed by atoms with Crippen LogP contribution in [0.1, 0.15) is 63.5 Å². The number of nitrogens with zero attached hydrogens (tertiary/aromatic N) is 1. The molecule has 2 aromatic rings. The number of hydrogen-bond acceptors (Lipinski definition) is 2. The van der Waals surface area contributed by atoms with Crippen LogP contribution in [0.5, 0.6) is 0 Å². The number of hydrogen-bond donors (Lipinski definition) is 1. The summed E-state index contributed by atoms with van der Waals surface area (Å²) in [7, 11) is 0. The third-order valence-corrected chi connectivity index (χ3v) is 8.06. The predicted octanol–water partition coefficient (Wildman–Crippen LogP) is 6.03. The summed E-state index contributed by atoms with van der Waals surface area (Å²) in [6.07, 6.45) is 8.82. The first-order valence-electron chi connectivity index (χ1n) is 13.4. The van der Waals surface area contributed by atoms with Crippen molar-refractivity contribution >= 4 is 11.8 Å². The molecule has 190 valence electrons. The van der Waals surface area contributed by atoms with Crippen molar-refractivity contribution in [2.45, 2.75) is 65.2 Å². The topological polar surface area (TPSA) is 49.4 Å². The molecule has 4 nitrogen and oxygen atoms in total. The summed E-state index contributed by atoms with van der Waals surface area (Å²) < 4.78 is 0. The number of benzene rings is 2. The monoisotopic (exact) mass is 484 g/mol. The second kappa shape index (κ2) is 12.2. The van der Waals surface area contributed by atoms with E-state index in [1.807, 2.05) is 41.3 Å². The Morgan fingerprint density at radius 1 is 0.861 bits per heavy atom. The van der Waals surface area contributed by atoms with Crippen LogP contribution in [-0.2, 0) is 22.4 Å². The Morgan fingerprint density at radius 2 is 1.50 bits per heavy atom. The van der Waals surface area contributed by atoms with Gasteiger partial charge in [0.15, 0.2) is 0 Å². The van der Waals surface area contributed by atoms with E-state index in [1.165, 1.54) is 27.8 Å². The van der Waals surface area contributed by atoms with Gasteiger partial charge in [0.2, 0.25) is 11.8 Å². The van der Waals surface area contributed by atoms with Gasteiger partial charge in [0.1, 0.15) is 0 Å². The summed E-state index contributed by atoms with van der Waals surface area (Å²) in [5.74, 6) is 0.332. The zero-order valence-electron chi connectivity index (χ0n) is 21.9. The minimum atomic E-state index is -0.467. The third-order valence-electron chi connectivity index (χ3n) is 8.06. The first kappa shape index (κ1) is 25.9. The number of carbonyl (C=O) groups excluding carboxylic acids is 2. The highest BCUT2D eigenvalue weighted by Gasteiger charge is 2.42. The van der Waals surface area contributed by atoms with Gasteiger partial charge in [-0.3, -0.25) is 9.59 Å². The fourth-order valence-corrected chi connectivity index (χ4v) is 5.48. The quantitative estimate of drug-likeness (QED) is 0.472. The second-order valence-corrected chi connectivity index (χ2v) is 10.6. The molecule has 1 aliphatic carbocycles. The second-order valence-electron chi connectivity index (χ2n) is 10.6. The normalized spacial score (nSPS) is 17.5. The lowest BCUT2D eigenvalue weighted by atomic mass is 9.72. The average Bonchev–Trinajstić information content (AvgIpc) is 2.91. The largest absolute Gasteiger partial charge is 0.355 e. The molecule has 0 saturated carbocycles. The van der Waals surface area contributed by atoms with Gasteiger partial charge in [-0.05, 0) is 69.9 Å². The fraction of sp³-hybridized carbons (Fsp3) is 0.438. The maximum Gasteiger partial charge on any atom is 0.226 e. The molecule has 4 heteroatoms. The molecule has 1 aliphatic heterocycles. The first-order chi connectivity index (χ1) is 17.4. The lowest BCUT2D eigenvalue weighted by Crippen LogP contribution is -2.51. The minimum Gasteiger partial charge on any atom is -0.355 e. The molecule has 36 heavy (non-hydrogen) atoms. The first-order valence-corrected chi connectivity index (χ1v) is 13.4. The van der Waals surface area contributed by atoms with Crippen LogP contribution < -0.4 is 5.32 Å². The van der Waals surface area contributed by atoms with E-state index < -0.39 is 5.41 Å². The molecule has 0 atom stereocenters. The van der Waals surface area contributed by atoms with E-state index in [0.717, 1.165) is 32.1 Å². The number of likely N-dealkylation sites (tertiary alicyclic amines) is 1. The zero-order valence-corrected chi connectivity index (χ0v) is 21.9. The van der Waals surface area contributed by atoms with Crippen molar-refractivity contribution in [3.63, 3.8) is 0 Å². The molecular formula is C32H40N2O2. The van der Waals surface area contributed by atoms with Crippen LogP contribution in [-0.4, -0.2) is 36.3 Å². The standard InChI is InChI=1S/C32H40N2O2/c1-25-13-14-28(23-26(25)2)17-20-33-31(36)32(24-29-11-7-4-8-12-29)18-21-34(22-19-32)30(35)16-15-27-9-5-3-6-10-27/h3-12,23H,13-22,24H2,1-2H3,(H,33,36). The fourth-order valence-electron chi connectivity index (χ4n) is 5.48. The Balaban J connectivity index is 1.36. The average molecular weight is 485 g/mol.